The molecule has 0 unspecified atom stereocenters. The van der Waals surface area contributed by atoms with Gasteiger partial charge in [0.15, 0.2) is 5.82 Å². The number of nitrogens with one attached hydrogen (secondary N) is 1. The van der Waals surface area contributed by atoms with Crippen molar-refractivity contribution in [3.63, 3.8) is 0 Å². The van der Waals surface area contributed by atoms with Crippen LogP contribution in [0.25, 0.3) is 11.4 Å². The van der Waals surface area contributed by atoms with Gasteiger partial charge in [-0.1, -0.05) is 23.9 Å². The third kappa shape index (κ3) is 2.82. The summed E-state index contributed by atoms with van der Waals surface area (Å²) in [7, 11) is 0. The molecule has 0 radical (unpaired) electrons. The summed E-state index contributed by atoms with van der Waals surface area (Å²) in [5.74, 6) is 1.68. The molecule has 4 nitrogen and oxygen atoms in total. The molecule has 3 rings (SSSR count). The van der Waals surface area contributed by atoms with Crippen LogP contribution in [0.4, 0.5) is 0 Å². The fourth-order valence-electron chi connectivity index (χ4n) is 2.39. The van der Waals surface area contributed by atoms with E-state index in [1.54, 1.807) is 11.8 Å². The van der Waals surface area contributed by atoms with E-state index in [-0.39, 0.29) is 6.61 Å². The third-order valence-corrected chi connectivity index (χ3v) is 4.30. The minimum atomic E-state index is 0.217. The molecule has 1 aromatic carbocycles. The van der Waals surface area contributed by atoms with Crippen molar-refractivity contribution in [3.8, 4) is 11.4 Å². The molecule has 1 aliphatic rings. The predicted molar refractivity (Wildman–Crippen MR) is 76.3 cm³/mol. The van der Waals surface area contributed by atoms with Crippen LogP contribution in [-0.2, 0) is 12.8 Å². The molecule has 2 N–H and O–H groups in total. The van der Waals surface area contributed by atoms with E-state index >= 15 is 0 Å². The fraction of sp³-hybridized carbons (Fsp3) is 0.429. The summed E-state index contributed by atoms with van der Waals surface area (Å²) in [6, 6.07) is 6.55. The van der Waals surface area contributed by atoms with Crippen LogP contribution in [0.3, 0.4) is 0 Å². The number of aromatic nitrogens is 3. The minimum Gasteiger partial charge on any atom is -0.396 e. The number of aryl methyl sites for hydroxylation is 2. The summed E-state index contributed by atoms with van der Waals surface area (Å²) < 4.78 is 0. The molecule has 1 aliphatic carbocycles. The van der Waals surface area contributed by atoms with Gasteiger partial charge in [0.1, 0.15) is 0 Å². The molecule has 0 saturated carbocycles. The van der Waals surface area contributed by atoms with Gasteiger partial charge in [-0.05, 0) is 42.9 Å². The SMILES string of the molecule is OCCCSc1n[nH]c(-c2ccc3c(c2)CCC3)n1. The normalized spacial score (nSPS) is 13.7. The van der Waals surface area contributed by atoms with Gasteiger partial charge in [-0.3, -0.25) is 5.10 Å². The zero-order valence-electron chi connectivity index (χ0n) is 10.7. The van der Waals surface area contributed by atoms with E-state index in [2.05, 4.69) is 33.4 Å². The lowest BCUT2D eigenvalue weighted by Crippen LogP contribution is -1.87. The Hall–Kier alpha value is -1.33. The van der Waals surface area contributed by atoms with Gasteiger partial charge in [0.25, 0.3) is 0 Å². The average molecular weight is 275 g/mol. The lowest BCUT2D eigenvalue weighted by molar-refractivity contribution is 0.296. The second-order valence-corrected chi connectivity index (χ2v) is 5.79. The number of thioether (sulfide) groups is 1. The number of aliphatic hydroxyl groups is 1. The molecule has 100 valence electrons. The van der Waals surface area contributed by atoms with Gasteiger partial charge in [0.2, 0.25) is 5.16 Å². The standard InChI is InChI=1S/C14H17N3OS/c18-7-2-8-19-14-15-13(16-17-14)12-6-5-10-3-1-4-11(10)9-12/h5-6,9,18H,1-4,7-8H2,(H,15,16,17). The van der Waals surface area contributed by atoms with Crippen LogP contribution in [0, 0.1) is 0 Å². The first kappa shape index (κ1) is 12.7. The van der Waals surface area contributed by atoms with Gasteiger partial charge >= 0.3 is 0 Å². The molecule has 2 aromatic rings. The average Bonchev–Trinajstić information content (AvgIpc) is 3.06. The monoisotopic (exact) mass is 275 g/mol. The molecular formula is C14H17N3OS. The maximum Gasteiger partial charge on any atom is 0.208 e. The maximum atomic E-state index is 8.76. The van der Waals surface area contributed by atoms with Crippen molar-refractivity contribution in [2.45, 2.75) is 30.8 Å². The van der Waals surface area contributed by atoms with Crippen LogP contribution in [0.1, 0.15) is 24.0 Å². The molecule has 1 heterocycles. The lowest BCUT2D eigenvalue weighted by atomic mass is 10.1. The number of nitrogens with zero attached hydrogens (tertiary/aromatic N) is 2. The summed E-state index contributed by atoms with van der Waals surface area (Å²) in [6.07, 6.45) is 4.41. The van der Waals surface area contributed by atoms with Crippen molar-refractivity contribution in [2.75, 3.05) is 12.4 Å². The van der Waals surface area contributed by atoms with Crippen LogP contribution < -0.4 is 0 Å². The van der Waals surface area contributed by atoms with Crippen LogP contribution >= 0.6 is 11.8 Å². The fourth-order valence-corrected chi connectivity index (χ4v) is 3.11. The molecule has 19 heavy (non-hydrogen) atoms. The quantitative estimate of drug-likeness (QED) is 0.650. The number of fused-ring (bicyclic) bond motifs is 1. The summed E-state index contributed by atoms with van der Waals surface area (Å²) in [5, 5.41) is 16.7. The van der Waals surface area contributed by atoms with Crippen molar-refractivity contribution in [3.05, 3.63) is 29.3 Å². The second-order valence-electron chi connectivity index (χ2n) is 4.73. The number of benzene rings is 1. The predicted octanol–water partition coefficient (Wildman–Crippen LogP) is 2.43. The highest BCUT2D eigenvalue weighted by Gasteiger charge is 2.13. The van der Waals surface area contributed by atoms with Crippen molar-refractivity contribution >= 4 is 11.8 Å². The minimum absolute atomic E-state index is 0.217. The van der Waals surface area contributed by atoms with E-state index in [0.29, 0.717) is 0 Å². The van der Waals surface area contributed by atoms with Gasteiger partial charge in [-0.15, -0.1) is 5.10 Å². The molecule has 0 saturated heterocycles. The summed E-state index contributed by atoms with van der Waals surface area (Å²) in [5.41, 5.74) is 4.03. The van der Waals surface area contributed by atoms with Crippen molar-refractivity contribution in [1.29, 1.82) is 0 Å². The molecule has 0 spiro atoms. The van der Waals surface area contributed by atoms with E-state index < -0.39 is 0 Å². The van der Waals surface area contributed by atoms with Crippen LogP contribution in [0.15, 0.2) is 23.4 Å². The number of hydrogen-bond donors (Lipinski definition) is 2. The largest absolute Gasteiger partial charge is 0.396 e. The molecule has 0 fully saturated rings. The van der Waals surface area contributed by atoms with E-state index in [9.17, 15) is 0 Å². The van der Waals surface area contributed by atoms with Crippen molar-refractivity contribution in [2.24, 2.45) is 0 Å². The van der Waals surface area contributed by atoms with Crippen LogP contribution in [-0.4, -0.2) is 32.6 Å². The molecule has 0 aliphatic heterocycles. The Morgan fingerprint density at radius 1 is 1.26 bits per heavy atom. The number of aromatic amines is 1. The zero-order valence-corrected chi connectivity index (χ0v) is 11.5. The summed E-state index contributed by atoms with van der Waals surface area (Å²) >= 11 is 1.57. The topological polar surface area (TPSA) is 61.8 Å². The number of aliphatic hydroxyl groups excluding tert-OH is 1. The highest BCUT2D eigenvalue weighted by atomic mass is 32.2. The first-order valence-electron chi connectivity index (χ1n) is 6.65. The van der Waals surface area contributed by atoms with Gasteiger partial charge in [0, 0.05) is 17.9 Å². The zero-order chi connectivity index (χ0) is 13.1. The Balaban J connectivity index is 1.75. The smallest absolute Gasteiger partial charge is 0.208 e. The number of H-pyrrole nitrogens is 1. The van der Waals surface area contributed by atoms with Crippen LogP contribution in [0.2, 0.25) is 0 Å². The van der Waals surface area contributed by atoms with E-state index in [4.69, 9.17) is 5.11 Å². The number of hydrogen-bond acceptors (Lipinski definition) is 4. The molecule has 0 amide bonds. The molecule has 5 heteroatoms. The van der Waals surface area contributed by atoms with Gasteiger partial charge in [-0.25, -0.2) is 4.98 Å². The lowest BCUT2D eigenvalue weighted by Gasteiger charge is -2.01. The molecular weight excluding hydrogens is 258 g/mol. The Labute approximate surface area is 116 Å². The van der Waals surface area contributed by atoms with Crippen molar-refractivity contribution in [1.82, 2.24) is 15.2 Å². The second kappa shape index (κ2) is 5.75. The summed E-state index contributed by atoms with van der Waals surface area (Å²) in [4.78, 5) is 4.49. The molecule has 1 aromatic heterocycles. The van der Waals surface area contributed by atoms with Crippen molar-refractivity contribution < 1.29 is 5.11 Å². The van der Waals surface area contributed by atoms with Gasteiger partial charge < -0.3 is 5.11 Å². The Morgan fingerprint density at radius 3 is 3.05 bits per heavy atom. The van der Waals surface area contributed by atoms with E-state index in [1.807, 2.05) is 0 Å². The van der Waals surface area contributed by atoms with E-state index in [0.717, 1.165) is 28.7 Å². The first-order chi connectivity index (χ1) is 9.36. The maximum absolute atomic E-state index is 8.76. The summed E-state index contributed by atoms with van der Waals surface area (Å²) in [6.45, 7) is 0.217. The number of rotatable bonds is 5. The highest BCUT2D eigenvalue weighted by Crippen LogP contribution is 2.27. The first-order valence-corrected chi connectivity index (χ1v) is 7.63. The molecule has 0 bridgehead atoms. The van der Waals surface area contributed by atoms with Crippen LogP contribution in [0.5, 0.6) is 0 Å². The Bertz CT molecular complexity index is 568. The van der Waals surface area contributed by atoms with E-state index in [1.165, 1.54) is 30.4 Å². The van der Waals surface area contributed by atoms with Gasteiger partial charge in [0.05, 0.1) is 0 Å². The molecule has 0 atom stereocenters. The highest BCUT2D eigenvalue weighted by molar-refractivity contribution is 7.99. The van der Waals surface area contributed by atoms with Gasteiger partial charge in [-0.2, -0.15) is 0 Å². The Kier molecular flexibility index (Phi) is 3.84. The third-order valence-electron chi connectivity index (χ3n) is 3.37. The Morgan fingerprint density at radius 2 is 2.16 bits per heavy atom.